The minimum Gasteiger partial charge on any atom is -0.332 e. The van der Waals surface area contributed by atoms with Crippen LogP contribution in [0.5, 0.6) is 0 Å². The molecule has 0 aliphatic heterocycles. The van der Waals surface area contributed by atoms with Crippen molar-refractivity contribution in [1.82, 2.24) is 4.98 Å². The third-order valence-electron chi connectivity index (χ3n) is 2.95. The highest BCUT2D eigenvalue weighted by molar-refractivity contribution is 9.10. The van der Waals surface area contributed by atoms with Gasteiger partial charge in [0.15, 0.2) is 5.13 Å². The summed E-state index contributed by atoms with van der Waals surface area (Å²) in [6.45, 7) is 2.08. The molecule has 1 heterocycles. The summed E-state index contributed by atoms with van der Waals surface area (Å²) in [5, 5.41) is 6.31. The molecule has 3 aromatic rings. The molecule has 4 heteroatoms. The molecular formula is C16H13BrN2S. The quantitative estimate of drug-likeness (QED) is 0.666. The van der Waals surface area contributed by atoms with Gasteiger partial charge in [0.25, 0.3) is 0 Å². The number of nitrogens with one attached hydrogen (secondary N) is 1. The smallest absolute Gasteiger partial charge is 0.187 e. The second kappa shape index (κ2) is 5.77. The molecule has 2 nitrogen and oxygen atoms in total. The summed E-state index contributed by atoms with van der Waals surface area (Å²) in [7, 11) is 0. The van der Waals surface area contributed by atoms with E-state index in [1.165, 1.54) is 5.56 Å². The van der Waals surface area contributed by atoms with Gasteiger partial charge in [-0.25, -0.2) is 4.98 Å². The first-order chi connectivity index (χ1) is 9.70. The van der Waals surface area contributed by atoms with Crippen molar-refractivity contribution >= 4 is 38.1 Å². The average molecular weight is 345 g/mol. The second-order valence-corrected chi connectivity index (χ2v) is 6.31. The van der Waals surface area contributed by atoms with Gasteiger partial charge in [0.1, 0.15) is 0 Å². The number of aryl methyl sites for hydroxylation is 1. The van der Waals surface area contributed by atoms with Crippen molar-refractivity contribution in [2.75, 3.05) is 5.32 Å². The molecule has 0 aliphatic rings. The van der Waals surface area contributed by atoms with Gasteiger partial charge in [-0.1, -0.05) is 45.8 Å². The van der Waals surface area contributed by atoms with Crippen molar-refractivity contribution in [2.24, 2.45) is 0 Å². The van der Waals surface area contributed by atoms with Gasteiger partial charge in [0.05, 0.1) is 5.69 Å². The zero-order chi connectivity index (χ0) is 13.9. The van der Waals surface area contributed by atoms with Gasteiger partial charge < -0.3 is 5.32 Å². The Hall–Kier alpha value is -1.65. The van der Waals surface area contributed by atoms with Crippen LogP contribution in [0, 0.1) is 6.92 Å². The fraction of sp³-hybridized carbons (Fsp3) is 0.0625. The van der Waals surface area contributed by atoms with E-state index >= 15 is 0 Å². The van der Waals surface area contributed by atoms with E-state index < -0.39 is 0 Å². The van der Waals surface area contributed by atoms with Gasteiger partial charge in [-0.3, -0.25) is 0 Å². The van der Waals surface area contributed by atoms with E-state index in [-0.39, 0.29) is 0 Å². The van der Waals surface area contributed by atoms with Crippen LogP contribution in [0.4, 0.5) is 10.8 Å². The highest BCUT2D eigenvalue weighted by atomic mass is 79.9. The van der Waals surface area contributed by atoms with Crippen LogP contribution < -0.4 is 5.32 Å². The minimum atomic E-state index is 0.909. The molecule has 0 bridgehead atoms. The number of thiazole rings is 1. The summed E-state index contributed by atoms with van der Waals surface area (Å²) in [6, 6.07) is 16.5. The van der Waals surface area contributed by atoms with Crippen molar-refractivity contribution in [2.45, 2.75) is 6.92 Å². The lowest BCUT2D eigenvalue weighted by Gasteiger charge is -2.02. The van der Waals surface area contributed by atoms with E-state index in [9.17, 15) is 0 Å². The SMILES string of the molecule is Cc1ccc(Nc2nc(-c3ccc(Br)cc3)cs2)cc1. The Kier molecular flexibility index (Phi) is 3.85. The zero-order valence-electron chi connectivity index (χ0n) is 10.9. The maximum atomic E-state index is 4.62. The minimum absolute atomic E-state index is 0.909. The number of hydrogen-bond donors (Lipinski definition) is 1. The molecule has 0 saturated carbocycles. The van der Waals surface area contributed by atoms with Crippen LogP contribution in [0.15, 0.2) is 58.4 Å². The number of nitrogens with zero attached hydrogens (tertiary/aromatic N) is 1. The van der Waals surface area contributed by atoms with Gasteiger partial charge in [-0.15, -0.1) is 11.3 Å². The Labute approximate surface area is 130 Å². The van der Waals surface area contributed by atoms with Crippen molar-refractivity contribution in [3.05, 3.63) is 63.9 Å². The molecule has 0 fully saturated rings. The molecular weight excluding hydrogens is 332 g/mol. The predicted molar refractivity (Wildman–Crippen MR) is 89.7 cm³/mol. The summed E-state index contributed by atoms with van der Waals surface area (Å²) in [5.41, 5.74) is 4.44. The summed E-state index contributed by atoms with van der Waals surface area (Å²) in [4.78, 5) is 4.62. The summed E-state index contributed by atoms with van der Waals surface area (Å²) >= 11 is 5.06. The molecule has 20 heavy (non-hydrogen) atoms. The van der Waals surface area contributed by atoms with Crippen LogP contribution in [0.2, 0.25) is 0 Å². The Morgan fingerprint density at radius 2 is 1.70 bits per heavy atom. The second-order valence-electron chi connectivity index (χ2n) is 4.54. The van der Waals surface area contributed by atoms with Gasteiger partial charge >= 0.3 is 0 Å². The Balaban J connectivity index is 1.80. The summed E-state index contributed by atoms with van der Waals surface area (Å²) < 4.78 is 1.08. The van der Waals surface area contributed by atoms with Crippen LogP contribution >= 0.6 is 27.3 Å². The van der Waals surface area contributed by atoms with Gasteiger partial charge in [-0.05, 0) is 31.2 Å². The first-order valence-electron chi connectivity index (χ1n) is 6.26. The highest BCUT2D eigenvalue weighted by Crippen LogP contribution is 2.28. The Morgan fingerprint density at radius 3 is 2.40 bits per heavy atom. The molecule has 0 amide bonds. The van der Waals surface area contributed by atoms with Crippen LogP contribution in [0.3, 0.4) is 0 Å². The van der Waals surface area contributed by atoms with E-state index in [0.717, 1.165) is 26.5 Å². The van der Waals surface area contributed by atoms with Crippen molar-refractivity contribution in [3.8, 4) is 11.3 Å². The topological polar surface area (TPSA) is 24.9 Å². The highest BCUT2D eigenvalue weighted by Gasteiger charge is 2.04. The predicted octanol–water partition coefficient (Wildman–Crippen LogP) is 5.62. The Bertz CT molecular complexity index is 702. The maximum Gasteiger partial charge on any atom is 0.187 e. The molecule has 0 saturated heterocycles. The molecule has 3 rings (SSSR count). The molecule has 0 spiro atoms. The molecule has 0 unspecified atom stereocenters. The summed E-state index contributed by atoms with van der Waals surface area (Å²) in [6.07, 6.45) is 0. The van der Waals surface area contributed by atoms with E-state index in [1.54, 1.807) is 11.3 Å². The molecule has 2 aromatic carbocycles. The fourth-order valence-corrected chi connectivity index (χ4v) is 2.85. The number of hydrogen-bond acceptors (Lipinski definition) is 3. The molecule has 100 valence electrons. The molecule has 0 radical (unpaired) electrons. The number of aromatic nitrogens is 1. The van der Waals surface area contributed by atoms with Crippen LogP contribution in [-0.2, 0) is 0 Å². The van der Waals surface area contributed by atoms with Gasteiger partial charge in [0, 0.05) is 21.1 Å². The van der Waals surface area contributed by atoms with Gasteiger partial charge in [-0.2, -0.15) is 0 Å². The molecule has 1 N–H and O–H groups in total. The van der Waals surface area contributed by atoms with Crippen molar-refractivity contribution in [3.63, 3.8) is 0 Å². The third-order valence-corrected chi connectivity index (χ3v) is 4.23. The third kappa shape index (κ3) is 3.08. The number of benzene rings is 2. The van der Waals surface area contributed by atoms with E-state index in [4.69, 9.17) is 0 Å². The Morgan fingerprint density at radius 1 is 1.00 bits per heavy atom. The number of anilines is 2. The normalized spacial score (nSPS) is 10.5. The van der Waals surface area contributed by atoms with Crippen LogP contribution in [0.25, 0.3) is 11.3 Å². The molecule has 0 aliphatic carbocycles. The molecule has 0 atom stereocenters. The van der Waals surface area contributed by atoms with E-state index in [1.807, 2.05) is 12.1 Å². The van der Waals surface area contributed by atoms with Crippen molar-refractivity contribution < 1.29 is 0 Å². The largest absolute Gasteiger partial charge is 0.332 e. The lowest BCUT2D eigenvalue weighted by molar-refractivity contribution is 1.37. The monoisotopic (exact) mass is 344 g/mol. The maximum absolute atomic E-state index is 4.62. The first kappa shape index (κ1) is 13.3. The number of rotatable bonds is 3. The number of halogens is 1. The lowest BCUT2D eigenvalue weighted by atomic mass is 10.2. The van der Waals surface area contributed by atoms with Crippen molar-refractivity contribution in [1.29, 1.82) is 0 Å². The van der Waals surface area contributed by atoms with Gasteiger partial charge in [0.2, 0.25) is 0 Å². The van der Waals surface area contributed by atoms with E-state index in [0.29, 0.717) is 0 Å². The summed E-state index contributed by atoms with van der Waals surface area (Å²) in [5.74, 6) is 0. The first-order valence-corrected chi connectivity index (χ1v) is 7.93. The zero-order valence-corrected chi connectivity index (χ0v) is 13.3. The van der Waals surface area contributed by atoms with Crippen LogP contribution in [-0.4, -0.2) is 4.98 Å². The standard InChI is InChI=1S/C16H13BrN2S/c1-11-2-8-14(9-3-11)18-16-19-15(10-20-16)12-4-6-13(17)7-5-12/h2-10H,1H3,(H,18,19). The van der Waals surface area contributed by atoms with Crippen LogP contribution in [0.1, 0.15) is 5.56 Å². The lowest BCUT2D eigenvalue weighted by Crippen LogP contribution is -1.89. The fourth-order valence-electron chi connectivity index (χ4n) is 1.84. The van der Waals surface area contributed by atoms with E-state index in [2.05, 4.69) is 74.9 Å². The average Bonchev–Trinajstić information content (AvgIpc) is 2.91. The molecule has 1 aromatic heterocycles.